The van der Waals surface area contributed by atoms with E-state index in [-0.39, 0.29) is 91.8 Å². The number of ketones is 2. The third kappa shape index (κ3) is 8.02. The molecule has 7 aliphatic carbocycles. The SMILES string of the molecule is CC(=O)CNC1=C2[C@H](CC[C@]3(C)[C@@H]4[C@@H](C[C@@]23O)[C@@H](CCCO)C#C[C@H]([C@@H]2COC(=O)[C@H]2c2cc[nH]c2)C[C@@H]2[C@@H](CC=C3CC[C@@H](C)C[C@@H]32)[C@H](C)C[C@@H](O)[C@]4(C)O)[C@@]2(C)C[C@H](O)[C@H](O)C[C@H]2C1=O. The molecule has 1 saturated heterocycles. The summed E-state index contributed by atoms with van der Waals surface area (Å²) in [5.41, 5.74) is -2.31. The molecule has 5 fully saturated rings. The highest BCUT2D eigenvalue weighted by Crippen LogP contribution is 2.72. The van der Waals surface area contributed by atoms with Crippen LogP contribution in [0.15, 0.2) is 41.4 Å². The van der Waals surface area contributed by atoms with E-state index in [2.05, 4.69) is 42.1 Å². The smallest absolute Gasteiger partial charge is 0.313 e. The van der Waals surface area contributed by atoms with Crippen molar-refractivity contribution >= 4 is 17.5 Å². The van der Waals surface area contributed by atoms with Crippen molar-refractivity contribution in [3.63, 3.8) is 0 Å². The molecule has 0 aromatic carbocycles. The van der Waals surface area contributed by atoms with E-state index < -0.39 is 75.9 Å². The van der Waals surface area contributed by atoms with E-state index in [0.717, 1.165) is 37.7 Å². The quantitative estimate of drug-likeness (QED) is 0.0894. The van der Waals surface area contributed by atoms with Gasteiger partial charge in [-0.05, 0) is 161 Å². The zero-order valence-electron chi connectivity index (χ0n) is 40.7. The van der Waals surface area contributed by atoms with Crippen molar-refractivity contribution in [3.8, 4) is 11.8 Å². The van der Waals surface area contributed by atoms with Crippen molar-refractivity contribution in [2.45, 2.75) is 160 Å². The number of nitrogens with one attached hydrogen (secondary N) is 2. The fraction of sp³-hybridized carbons (Fsp3) is 0.764. The molecule has 0 spiro atoms. The van der Waals surface area contributed by atoms with Crippen molar-refractivity contribution in [1.82, 2.24) is 10.3 Å². The molecule has 8 N–H and O–H groups in total. The molecule has 368 valence electrons. The Balaban J connectivity index is 1.22. The summed E-state index contributed by atoms with van der Waals surface area (Å²) in [5.74, 6) is 4.47. The van der Waals surface area contributed by atoms with Crippen LogP contribution in [-0.4, -0.2) is 102 Å². The molecule has 1 aromatic rings. The standard InChI is InChI=1S/C55H78N2O10/c1-29-9-10-33-13-14-36-30(2)21-45(62)54(6,65)50-39(32(8-7-19-58)11-12-34(22-38(36)37(33)20-29)40-28-67-51(64)46(40)35-16-18-56-27-35)24-55(66)47-41(15-17-53(50,55)5)52(4)25-44(61)43(60)23-42(52)49(63)48(47)57-26-31(3)59/h13,16,18,27,29-30,32,34,36-46,50,56-58,60-62,65-66H,7-10,14-15,17,19-26,28H2,1-6H3/t29-,30-,32+,34+,36+,37+,38-,39+,40+,41+,42+,43-,44+,45-,46+,50+,52-,53-,54+,55-/m1/s1. The fourth-order valence-electron chi connectivity index (χ4n) is 16.5. The number of ether oxygens (including phenoxy) is 1. The van der Waals surface area contributed by atoms with Gasteiger partial charge in [-0.1, -0.05) is 51.2 Å². The van der Waals surface area contributed by atoms with Gasteiger partial charge in [0.25, 0.3) is 0 Å². The molecule has 0 radical (unpaired) electrons. The van der Waals surface area contributed by atoms with Gasteiger partial charge in [-0.25, -0.2) is 0 Å². The minimum absolute atomic E-state index is 0.00344. The zero-order valence-corrected chi connectivity index (χ0v) is 40.7. The first-order chi connectivity index (χ1) is 31.7. The summed E-state index contributed by atoms with van der Waals surface area (Å²) in [6.45, 7) is 11.7. The van der Waals surface area contributed by atoms with Crippen LogP contribution in [0.2, 0.25) is 0 Å². The Morgan fingerprint density at radius 3 is 2.43 bits per heavy atom. The maximum absolute atomic E-state index is 15.0. The van der Waals surface area contributed by atoms with E-state index in [9.17, 15) is 45.0 Å². The van der Waals surface area contributed by atoms with Gasteiger partial charge in [-0.3, -0.25) is 14.4 Å². The van der Waals surface area contributed by atoms with Gasteiger partial charge < -0.3 is 45.7 Å². The van der Waals surface area contributed by atoms with Crippen LogP contribution in [0, 0.1) is 93.7 Å². The molecular weight excluding hydrogens is 849 g/mol. The molecule has 1 aromatic heterocycles. The Kier molecular flexibility index (Phi) is 13.2. The number of fused-ring (bicyclic) bond motifs is 10. The van der Waals surface area contributed by atoms with Crippen LogP contribution in [0.1, 0.15) is 136 Å². The fourth-order valence-corrected chi connectivity index (χ4v) is 16.5. The van der Waals surface area contributed by atoms with E-state index in [0.29, 0.717) is 49.5 Å². The Hall–Kier alpha value is -3.31. The van der Waals surface area contributed by atoms with E-state index in [1.807, 2.05) is 32.3 Å². The van der Waals surface area contributed by atoms with Gasteiger partial charge in [0.1, 0.15) is 5.78 Å². The lowest BCUT2D eigenvalue weighted by Gasteiger charge is -2.61. The molecule has 4 saturated carbocycles. The van der Waals surface area contributed by atoms with Gasteiger partial charge in [-0.2, -0.15) is 0 Å². The third-order valence-corrected chi connectivity index (χ3v) is 20.0. The molecule has 67 heavy (non-hydrogen) atoms. The van der Waals surface area contributed by atoms with Crippen LogP contribution >= 0.6 is 0 Å². The van der Waals surface area contributed by atoms with E-state index >= 15 is 0 Å². The topological polar surface area (TPSA) is 210 Å². The van der Waals surface area contributed by atoms with Gasteiger partial charge in [0.2, 0.25) is 0 Å². The highest BCUT2D eigenvalue weighted by atomic mass is 16.5. The minimum atomic E-state index is -1.74. The number of aliphatic hydroxyl groups excluding tert-OH is 4. The van der Waals surface area contributed by atoms with E-state index in [1.165, 1.54) is 12.5 Å². The highest BCUT2D eigenvalue weighted by Gasteiger charge is 2.73. The molecule has 8 aliphatic rings. The van der Waals surface area contributed by atoms with Crippen molar-refractivity contribution in [3.05, 3.63) is 46.9 Å². The first-order valence-corrected chi connectivity index (χ1v) is 25.9. The van der Waals surface area contributed by atoms with Crippen molar-refractivity contribution in [2.24, 2.45) is 81.8 Å². The number of aromatic nitrogens is 1. The lowest BCUT2D eigenvalue weighted by Crippen LogP contribution is -2.64. The summed E-state index contributed by atoms with van der Waals surface area (Å²) < 4.78 is 5.93. The van der Waals surface area contributed by atoms with Crippen LogP contribution in [0.3, 0.4) is 0 Å². The molecular formula is C55H78N2O10. The maximum Gasteiger partial charge on any atom is 0.313 e. The molecule has 9 rings (SSSR count). The number of rotatable bonds is 8. The second kappa shape index (κ2) is 18.1. The summed E-state index contributed by atoms with van der Waals surface area (Å²) in [7, 11) is 0. The monoisotopic (exact) mass is 927 g/mol. The number of H-pyrrole nitrogens is 1. The van der Waals surface area contributed by atoms with Crippen molar-refractivity contribution in [1.29, 1.82) is 0 Å². The van der Waals surface area contributed by atoms with Gasteiger partial charge in [0, 0.05) is 54.0 Å². The molecule has 0 bridgehead atoms. The molecule has 2 heterocycles. The number of carbonyl (C=O) groups is 3. The average molecular weight is 927 g/mol. The van der Waals surface area contributed by atoms with Gasteiger partial charge in [0.05, 0.1) is 54.3 Å². The van der Waals surface area contributed by atoms with Crippen LogP contribution in [-0.2, 0) is 19.1 Å². The molecule has 1 aliphatic heterocycles. The number of hydrogen-bond donors (Lipinski definition) is 8. The lowest BCUT2D eigenvalue weighted by molar-refractivity contribution is -0.184. The van der Waals surface area contributed by atoms with Gasteiger partial charge in [-0.15, -0.1) is 0 Å². The molecule has 0 amide bonds. The molecule has 0 unspecified atom stereocenters. The molecule has 20 atom stereocenters. The van der Waals surface area contributed by atoms with Crippen molar-refractivity contribution < 1.29 is 49.8 Å². The summed E-state index contributed by atoms with van der Waals surface area (Å²) in [4.78, 5) is 44.5. The number of esters is 1. The average Bonchev–Trinajstić information content (AvgIpc) is 4.00. The maximum atomic E-state index is 15.0. The third-order valence-electron chi connectivity index (χ3n) is 20.0. The zero-order chi connectivity index (χ0) is 48.0. The Morgan fingerprint density at radius 2 is 1.72 bits per heavy atom. The summed E-state index contributed by atoms with van der Waals surface area (Å²) >= 11 is 0. The van der Waals surface area contributed by atoms with Crippen molar-refractivity contribution in [2.75, 3.05) is 19.8 Å². The van der Waals surface area contributed by atoms with E-state index in [4.69, 9.17) is 4.74 Å². The van der Waals surface area contributed by atoms with Gasteiger partial charge in [0.15, 0.2) is 5.78 Å². The molecule has 12 nitrogen and oxygen atoms in total. The number of aliphatic hydroxyl groups is 6. The molecule has 12 heteroatoms. The number of cyclic esters (lactones) is 1. The second-order valence-electron chi connectivity index (χ2n) is 23.9. The normalized spacial score (nSPS) is 47.4. The largest absolute Gasteiger partial charge is 0.465 e. The Labute approximate surface area is 397 Å². The van der Waals surface area contributed by atoms with Crippen LogP contribution in [0.5, 0.6) is 0 Å². The Bertz CT molecular complexity index is 2190. The van der Waals surface area contributed by atoms with E-state index in [1.54, 1.807) is 6.92 Å². The second-order valence-corrected chi connectivity index (χ2v) is 23.9. The lowest BCUT2D eigenvalue weighted by atomic mass is 9.45. The first-order valence-electron chi connectivity index (χ1n) is 25.9. The van der Waals surface area contributed by atoms with Crippen LogP contribution < -0.4 is 5.32 Å². The predicted octanol–water partition coefficient (Wildman–Crippen LogP) is 5.76. The van der Waals surface area contributed by atoms with Crippen LogP contribution in [0.25, 0.3) is 0 Å². The summed E-state index contributed by atoms with van der Waals surface area (Å²) in [6, 6.07) is 1.95. The Morgan fingerprint density at radius 1 is 0.940 bits per heavy atom. The number of hydrogen-bond acceptors (Lipinski definition) is 11. The summed E-state index contributed by atoms with van der Waals surface area (Å²) in [6.07, 6.45) is 10.2. The first kappa shape index (κ1) is 48.7. The predicted molar refractivity (Wildman–Crippen MR) is 251 cm³/mol. The highest BCUT2D eigenvalue weighted by molar-refractivity contribution is 6.00. The minimum Gasteiger partial charge on any atom is -0.465 e. The van der Waals surface area contributed by atoms with Gasteiger partial charge >= 0.3 is 5.97 Å². The van der Waals surface area contributed by atoms with Crippen LogP contribution in [0.4, 0.5) is 0 Å². The number of allylic oxidation sites excluding steroid dienone is 3. The summed E-state index contributed by atoms with van der Waals surface area (Å²) in [5, 5.41) is 76.0. The number of aromatic amines is 1. The number of carbonyl (C=O) groups excluding carboxylic acids is 3. The number of Topliss-reactive ketones (excluding diaryl/α,β-unsaturated/α-hetero) is 2.